The van der Waals surface area contributed by atoms with E-state index in [1.54, 1.807) is 13.1 Å². The molecule has 6 nitrogen and oxygen atoms in total. The molecule has 6 heteroatoms. The second-order valence-corrected chi connectivity index (χ2v) is 5.69. The monoisotopic (exact) mass is 291 g/mol. The molecule has 1 aromatic heterocycles. The lowest BCUT2D eigenvalue weighted by atomic mass is 10.1. The van der Waals surface area contributed by atoms with Crippen LogP contribution in [0.1, 0.15) is 37.3 Å². The molecule has 21 heavy (non-hydrogen) atoms. The summed E-state index contributed by atoms with van der Waals surface area (Å²) in [6, 6.07) is 1.84. The SMILES string of the molecule is CCOC(=O)c1nccc(N2C[C@H](C)O[C@@H](C3CC3)C2)n1. The smallest absolute Gasteiger partial charge is 0.376 e. The van der Waals surface area contributed by atoms with E-state index in [9.17, 15) is 4.79 Å². The Labute approximate surface area is 124 Å². The topological polar surface area (TPSA) is 64.5 Å². The summed E-state index contributed by atoms with van der Waals surface area (Å²) in [6.07, 6.45) is 4.56. The molecule has 0 amide bonds. The summed E-state index contributed by atoms with van der Waals surface area (Å²) in [5, 5.41) is 0. The molecule has 1 saturated heterocycles. The third-order valence-electron chi connectivity index (χ3n) is 3.86. The van der Waals surface area contributed by atoms with Crippen molar-refractivity contribution in [1.82, 2.24) is 9.97 Å². The minimum absolute atomic E-state index is 0.122. The molecular formula is C15H21N3O3. The molecule has 1 aromatic rings. The van der Waals surface area contributed by atoms with E-state index in [2.05, 4.69) is 21.8 Å². The Kier molecular flexibility index (Phi) is 4.05. The number of ether oxygens (including phenoxy) is 2. The normalized spacial score (nSPS) is 25.7. The van der Waals surface area contributed by atoms with Crippen LogP contribution < -0.4 is 4.90 Å². The highest BCUT2D eigenvalue weighted by molar-refractivity contribution is 5.85. The molecule has 0 unspecified atom stereocenters. The molecule has 1 aliphatic carbocycles. The molecule has 1 saturated carbocycles. The van der Waals surface area contributed by atoms with Crippen LogP contribution in [0.5, 0.6) is 0 Å². The van der Waals surface area contributed by atoms with Crippen molar-refractivity contribution in [3.63, 3.8) is 0 Å². The van der Waals surface area contributed by atoms with Gasteiger partial charge in [0.2, 0.25) is 5.82 Å². The van der Waals surface area contributed by atoms with E-state index in [1.807, 2.05) is 6.07 Å². The van der Waals surface area contributed by atoms with Crippen molar-refractivity contribution in [2.24, 2.45) is 5.92 Å². The Morgan fingerprint density at radius 1 is 1.48 bits per heavy atom. The Hall–Kier alpha value is -1.69. The minimum Gasteiger partial charge on any atom is -0.460 e. The van der Waals surface area contributed by atoms with Gasteiger partial charge in [0.05, 0.1) is 18.8 Å². The highest BCUT2D eigenvalue weighted by atomic mass is 16.5. The van der Waals surface area contributed by atoms with Gasteiger partial charge in [-0.05, 0) is 38.7 Å². The lowest BCUT2D eigenvalue weighted by Gasteiger charge is -2.37. The fourth-order valence-corrected chi connectivity index (χ4v) is 2.72. The van der Waals surface area contributed by atoms with Crippen LogP contribution in [0.15, 0.2) is 12.3 Å². The van der Waals surface area contributed by atoms with Crippen LogP contribution in [0.4, 0.5) is 5.82 Å². The third kappa shape index (κ3) is 3.32. The number of hydrogen-bond donors (Lipinski definition) is 0. The van der Waals surface area contributed by atoms with Gasteiger partial charge in [0.25, 0.3) is 0 Å². The van der Waals surface area contributed by atoms with Gasteiger partial charge in [-0.15, -0.1) is 0 Å². The van der Waals surface area contributed by atoms with Gasteiger partial charge in [-0.1, -0.05) is 0 Å². The van der Waals surface area contributed by atoms with Crippen molar-refractivity contribution in [2.45, 2.75) is 38.9 Å². The van der Waals surface area contributed by atoms with Crippen molar-refractivity contribution >= 4 is 11.8 Å². The average molecular weight is 291 g/mol. The van der Waals surface area contributed by atoms with Gasteiger partial charge in [0.15, 0.2) is 0 Å². The van der Waals surface area contributed by atoms with E-state index in [0.29, 0.717) is 12.5 Å². The number of morpholine rings is 1. The van der Waals surface area contributed by atoms with Crippen LogP contribution in [0.2, 0.25) is 0 Å². The van der Waals surface area contributed by atoms with E-state index < -0.39 is 5.97 Å². The van der Waals surface area contributed by atoms with Gasteiger partial charge in [0.1, 0.15) is 5.82 Å². The molecule has 2 heterocycles. The minimum atomic E-state index is -0.473. The van der Waals surface area contributed by atoms with Crippen LogP contribution in [0.25, 0.3) is 0 Å². The second kappa shape index (κ2) is 5.97. The zero-order chi connectivity index (χ0) is 14.8. The quantitative estimate of drug-likeness (QED) is 0.786. The lowest BCUT2D eigenvalue weighted by molar-refractivity contribution is -0.0273. The molecule has 2 fully saturated rings. The molecule has 0 aromatic carbocycles. The molecule has 2 aliphatic rings. The molecule has 0 radical (unpaired) electrons. The molecular weight excluding hydrogens is 270 g/mol. The second-order valence-electron chi connectivity index (χ2n) is 5.69. The summed E-state index contributed by atoms with van der Waals surface area (Å²) in [4.78, 5) is 22.3. The summed E-state index contributed by atoms with van der Waals surface area (Å²) < 4.78 is 11.0. The zero-order valence-electron chi connectivity index (χ0n) is 12.5. The summed E-state index contributed by atoms with van der Waals surface area (Å²) in [5.41, 5.74) is 0. The van der Waals surface area contributed by atoms with E-state index in [4.69, 9.17) is 9.47 Å². The Morgan fingerprint density at radius 3 is 3.00 bits per heavy atom. The molecule has 0 spiro atoms. The molecule has 3 rings (SSSR count). The van der Waals surface area contributed by atoms with E-state index in [1.165, 1.54) is 12.8 Å². The first-order valence-electron chi connectivity index (χ1n) is 7.58. The van der Waals surface area contributed by atoms with Gasteiger partial charge >= 0.3 is 5.97 Å². The van der Waals surface area contributed by atoms with Crippen LogP contribution in [0, 0.1) is 5.92 Å². The fraction of sp³-hybridized carbons (Fsp3) is 0.667. The summed E-state index contributed by atoms with van der Waals surface area (Å²) in [6.45, 7) is 5.78. The van der Waals surface area contributed by atoms with Gasteiger partial charge < -0.3 is 14.4 Å². The van der Waals surface area contributed by atoms with E-state index in [0.717, 1.165) is 18.9 Å². The highest BCUT2D eigenvalue weighted by Gasteiger charge is 2.37. The van der Waals surface area contributed by atoms with Gasteiger partial charge in [-0.2, -0.15) is 0 Å². The predicted octanol–water partition coefficient (Wildman–Crippen LogP) is 1.66. The summed E-state index contributed by atoms with van der Waals surface area (Å²) >= 11 is 0. The largest absolute Gasteiger partial charge is 0.460 e. The molecule has 0 N–H and O–H groups in total. The Morgan fingerprint density at radius 2 is 2.29 bits per heavy atom. The van der Waals surface area contributed by atoms with Crippen molar-refractivity contribution in [1.29, 1.82) is 0 Å². The maximum atomic E-state index is 11.7. The maximum Gasteiger partial charge on any atom is 0.376 e. The lowest BCUT2D eigenvalue weighted by Crippen LogP contribution is -2.48. The third-order valence-corrected chi connectivity index (χ3v) is 3.86. The first-order chi connectivity index (χ1) is 10.2. The standard InChI is InChI=1S/C15H21N3O3/c1-3-20-15(19)14-16-7-6-13(17-14)18-8-10(2)21-12(9-18)11-4-5-11/h6-7,10-12H,3-5,8-9H2,1-2H3/t10-,12+/m0/s1. The first kappa shape index (κ1) is 14.3. The highest BCUT2D eigenvalue weighted by Crippen LogP contribution is 2.37. The fourth-order valence-electron chi connectivity index (χ4n) is 2.72. The zero-order valence-corrected chi connectivity index (χ0v) is 12.5. The predicted molar refractivity (Wildman–Crippen MR) is 77.3 cm³/mol. The van der Waals surface area contributed by atoms with Crippen molar-refractivity contribution in [3.05, 3.63) is 18.1 Å². The number of rotatable bonds is 4. The number of aromatic nitrogens is 2. The van der Waals surface area contributed by atoms with E-state index in [-0.39, 0.29) is 18.0 Å². The molecule has 1 aliphatic heterocycles. The Balaban J connectivity index is 1.75. The van der Waals surface area contributed by atoms with Crippen LogP contribution in [0.3, 0.4) is 0 Å². The first-order valence-corrected chi connectivity index (χ1v) is 7.58. The summed E-state index contributed by atoms with van der Waals surface area (Å²) in [7, 11) is 0. The van der Waals surface area contributed by atoms with Crippen molar-refractivity contribution < 1.29 is 14.3 Å². The number of nitrogens with zero attached hydrogens (tertiary/aromatic N) is 3. The number of hydrogen-bond acceptors (Lipinski definition) is 6. The molecule has 2 atom stereocenters. The number of carbonyl (C=O) groups excluding carboxylic acids is 1. The van der Waals surface area contributed by atoms with Crippen LogP contribution in [-0.4, -0.2) is 47.8 Å². The van der Waals surface area contributed by atoms with Crippen molar-refractivity contribution in [2.75, 3.05) is 24.6 Å². The van der Waals surface area contributed by atoms with Gasteiger partial charge in [0, 0.05) is 19.3 Å². The van der Waals surface area contributed by atoms with Gasteiger partial charge in [-0.3, -0.25) is 0 Å². The average Bonchev–Trinajstić information content (AvgIpc) is 3.32. The van der Waals surface area contributed by atoms with Crippen molar-refractivity contribution in [3.8, 4) is 0 Å². The Bertz CT molecular complexity index is 519. The number of anilines is 1. The molecule has 0 bridgehead atoms. The number of carbonyl (C=O) groups is 1. The van der Waals surface area contributed by atoms with Crippen LogP contribution in [-0.2, 0) is 9.47 Å². The van der Waals surface area contributed by atoms with Gasteiger partial charge in [-0.25, -0.2) is 14.8 Å². The summed E-state index contributed by atoms with van der Waals surface area (Å²) in [5.74, 6) is 1.10. The maximum absolute atomic E-state index is 11.7. The van der Waals surface area contributed by atoms with Crippen LogP contribution >= 0.6 is 0 Å². The number of esters is 1. The molecule has 114 valence electrons. The van der Waals surface area contributed by atoms with E-state index >= 15 is 0 Å².